The summed E-state index contributed by atoms with van der Waals surface area (Å²) in [6.07, 6.45) is 3.27. The van der Waals surface area contributed by atoms with Gasteiger partial charge in [0.15, 0.2) is 0 Å². The van der Waals surface area contributed by atoms with E-state index in [0.29, 0.717) is 0 Å². The largest absolute Gasteiger partial charge is 0.484 e. The van der Waals surface area contributed by atoms with Crippen molar-refractivity contribution in [3.05, 3.63) is 58.4 Å². The van der Waals surface area contributed by atoms with Crippen LogP contribution in [0.5, 0.6) is 5.75 Å². The molecule has 0 amide bonds. The van der Waals surface area contributed by atoms with Gasteiger partial charge in [0.1, 0.15) is 11.9 Å². The third-order valence-corrected chi connectivity index (χ3v) is 3.78. The highest BCUT2D eigenvalue weighted by Crippen LogP contribution is 2.29. The van der Waals surface area contributed by atoms with E-state index in [-0.39, 0.29) is 12.1 Å². The minimum absolute atomic E-state index is 0.131. The average Bonchev–Trinajstić information content (AvgIpc) is 2.42. The lowest BCUT2D eigenvalue weighted by Crippen LogP contribution is -2.29. The summed E-state index contributed by atoms with van der Waals surface area (Å²) in [6.45, 7) is 5.87. The molecule has 20 heavy (non-hydrogen) atoms. The van der Waals surface area contributed by atoms with E-state index < -0.39 is 0 Å². The third-order valence-electron chi connectivity index (χ3n) is 3.19. The van der Waals surface area contributed by atoms with Crippen LogP contribution in [0.25, 0.3) is 0 Å². The molecule has 0 saturated carbocycles. The molecule has 2 aromatic rings. The van der Waals surface area contributed by atoms with Gasteiger partial charge in [0.2, 0.25) is 0 Å². The Kier molecular flexibility index (Phi) is 4.63. The van der Waals surface area contributed by atoms with Gasteiger partial charge in [0.25, 0.3) is 0 Å². The number of benzene rings is 1. The van der Waals surface area contributed by atoms with E-state index in [1.807, 2.05) is 45.0 Å². The van der Waals surface area contributed by atoms with Crippen molar-refractivity contribution in [2.24, 2.45) is 5.73 Å². The minimum Gasteiger partial charge on any atom is -0.484 e. The van der Waals surface area contributed by atoms with Gasteiger partial charge in [-0.15, -0.1) is 0 Å². The lowest BCUT2D eigenvalue weighted by Gasteiger charge is -2.23. The molecule has 0 fully saturated rings. The van der Waals surface area contributed by atoms with Crippen LogP contribution in [0.3, 0.4) is 0 Å². The second-order valence-corrected chi connectivity index (χ2v) is 5.43. The molecule has 2 N–H and O–H groups in total. The third kappa shape index (κ3) is 3.30. The van der Waals surface area contributed by atoms with Gasteiger partial charge in [-0.05, 0) is 61.7 Å². The van der Waals surface area contributed by atoms with Crippen LogP contribution in [0.2, 0.25) is 5.02 Å². The van der Waals surface area contributed by atoms with Crippen molar-refractivity contribution >= 4 is 11.6 Å². The van der Waals surface area contributed by atoms with Gasteiger partial charge in [0.05, 0.1) is 0 Å². The molecule has 4 heteroatoms. The molecule has 1 aromatic carbocycles. The Morgan fingerprint density at radius 2 is 1.70 bits per heavy atom. The Balaban J connectivity index is 2.30. The molecule has 0 aliphatic carbocycles. The fourth-order valence-corrected chi connectivity index (χ4v) is 2.26. The van der Waals surface area contributed by atoms with Gasteiger partial charge in [-0.2, -0.15) is 0 Å². The van der Waals surface area contributed by atoms with Crippen LogP contribution in [0.15, 0.2) is 36.7 Å². The first-order valence-corrected chi connectivity index (χ1v) is 6.95. The SMILES string of the molecule is Cc1cc(OC(c2ccncc2)C(C)N)cc(C)c1Cl. The summed E-state index contributed by atoms with van der Waals surface area (Å²) in [5, 5.41) is 0.776. The molecule has 0 bridgehead atoms. The predicted molar refractivity (Wildman–Crippen MR) is 82.2 cm³/mol. The fourth-order valence-electron chi connectivity index (χ4n) is 2.15. The summed E-state index contributed by atoms with van der Waals surface area (Å²) in [7, 11) is 0. The van der Waals surface area contributed by atoms with Crippen molar-refractivity contribution in [2.75, 3.05) is 0 Å². The van der Waals surface area contributed by atoms with E-state index in [1.54, 1.807) is 12.4 Å². The van der Waals surface area contributed by atoms with Crippen LogP contribution in [0.4, 0.5) is 0 Å². The summed E-state index contributed by atoms with van der Waals surface area (Å²) in [5.74, 6) is 0.781. The van der Waals surface area contributed by atoms with Crippen molar-refractivity contribution in [3.63, 3.8) is 0 Å². The van der Waals surface area contributed by atoms with Crippen LogP contribution in [-0.4, -0.2) is 11.0 Å². The van der Waals surface area contributed by atoms with Crippen molar-refractivity contribution in [1.82, 2.24) is 4.98 Å². The highest BCUT2D eigenvalue weighted by molar-refractivity contribution is 6.32. The average molecular weight is 291 g/mol. The monoisotopic (exact) mass is 290 g/mol. The molecule has 0 aliphatic rings. The number of nitrogens with two attached hydrogens (primary N) is 1. The number of aryl methyl sites for hydroxylation is 2. The zero-order chi connectivity index (χ0) is 14.7. The second kappa shape index (κ2) is 6.25. The van der Waals surface area contributed by atoms with E-state index >= 15 is 0 Å². The van der Waals surface area contributed by atoms with Gasteiger partial charge in [-0.25, -0.2) is 0 Å². The summed E-state index contributed by atoms with van der Waals surface area (Å²) in [5.41, 5.74) is 9.06. The molecule has 1 heterocycles. The van der Waals surface area contributed by atoms with Gasteiger partial charge in [0, 0.05) is 23.5 Å². The standard InChI is InChI=1S/C16H19ClN2O/c1-10-8-14(9-11(2)15(10)17)20-16(12(3)18)13-4-6-19-7-5-13/h4-9,12,16H,18H2,1-3H3. The van der Waals surface area contributed by atoms with Gasteiger partial charge < -0.3 is 10.5 Å². The van der Waals surface area contributed by atoms with E-state index in [0.717, 1.165) is 27.5 Å². The number of hydrogen-bond acceptors (Lipinski definition) is 3. The van der Waals surface area contributed by atoms with Crippen LogP contribution < -0.4 is 10.5 Å². The number of nitrogens with zero attached hydrogens (tertiary/aromatic N) is 1. The quantitative estimate of drug-likeness (QED) is 0.931. The van der Waals surface area contributed by atoms with Crippen LogP contribution in [0, 0.1) is 13.8 Å². The highest BCUT2D eigenvalue weighted by atomic mass is 35.5. The van der Waals surface area contributed by atoms with Crippen LogP contribution in [0.1, 0.15) is 29.7 Å². The summed E-state index contributed by atoms with van der Waals surface area (Å²) >= 11 is 6.18. The lowest BCUT2D eigenvalue weighted by molar-refractivity contribution is 0.180. The highest BCUT2D eigenvalue weighted by Gasteiger charge is 2.18. The number of aromatic nitrogens is 1. The first-order chi connectivity index (χ1) is 9.49. The summed E-state index contributed by atoms with van der Waals surface area (Å²) in [4.78, 5) is 4.02. The topological polar surface area (TPSA) is 48.1 Å². The summed E-state index contributed by atoms with van der Waals surface area (Å²) < 4.78 is 6.07. The molecule has 0 spiro atoms. The summed E-state index contributed by atoms with van der Waals surface area (Å²) in [6, 6.07) is 7.58. The maximum Gasteiger partial charge on any atom is 0.139 e. The number of hydrogen-bond donors (Lipinski definition) is 1. The molecule has 2 unspecified atom stereocenters. The predicted octanol–water partition coefficient (Wildman–Crippen LogP) is 3.82. The zero-order valence-corrected chi connectivity index (χ0v) is 12.7. The van der Waals surface area contributed by atoms with Gasteiger partial charge in [-0.3, -0.25) is 4.98 Å². The molecule has 106 valence electrons. The van der Waals surface area contributed by atoms with E-state index in [2.05, 4.69) is 4.98 Å². The number of ether oxygens (including phenoxy) is 1. The number of pyridine rings is 1. The molecule has 2 atom stereocenters. The number of rotatable bonds is 4. The van der Waals surface area contributed by atoms with Crippen LogP contribution >= 0.6 is 11.6 Å². The van der Waals surface area contributed by atoms with Gasteiger partial charge >= 0.3 is 0 Å². The molecule has 0 radical (unpaired) electrons. The van der Waals surface area contributed by atoms with Crippen LogP contribution in [-0.2, 0) is 0 Å². The Hall–Kier alpha value is -1.58. The Labute approximate surface area is 124 Å². The molecule has 2 rings (SSSR count). The maximum atomic E-state index is 6.18. The molecule has 0 saturated heterocycles. The first kappa shape index (κ1) is 14.8. The normalized spacial score (nSPS) is 13.8. The molecular weight excluding hydrogens is 272 g/mol. The smallest absolute Gasteiger partial charge is 0.139 e. The lowest BCUT2D eigenvalue weighted by atomic mass is 10.1. The van der Waals surface area contributed by atoms with Gasteiger partial charge in [-0.1, -0.05) is 11.6 Å². The Morgan fingerprint density at radius 3 is 2.20 bits per heavy atom. The fraction of sp³-hybridized carbons (Fsp3) is 0.312. The van der Waals surface area contributed by atoms with E-state index in [9.17, 15) is 0 Å². The molecular formula is C16H19ClN2O. The first-order valence-electron chi connectivity index (χ1n) is 6.58. The second-order valence-electron chi connectivity index (χ2n) is 5.05. The zero-order valence-electron chi connectivity index (χ0n) is 11.9. The molecule has 1 aromatic heterocycles. The Bertz CT molecular complexity index is 561. The Morgan fingerprint density at radius 1 is 1.15 bits per heavy atom. The van der Waals surface area contributed by atoms with Crippen molar-refractivity contribution in [3.8, 4) is 5.75 Å². The van der Waals surface area contributed by atoms with E-state index in [1.165, 1.54) is 0 Å². The van der Waals surface area contributed by atoms with E-state index in [4.69, 9.17) is 22.1 Å². The van der Waals surface area contributed by atoms with Crippen molar-refractivity contribution < 1.29 is 4.74 Å². The molecule has 3 nitrogen and oxygen atoms in total. The van der Waals surface area contributed by atoms with Crippen molar-refractivity contribution in [1.29, 1.82) is 0 Å². The maximum absolute atomic E-state index is 6.18. The minimum atomic E-state index is -0.210. The van der Waals surface area contributed by atoms with Crippen molar-refractivity contribution in [2.45, 2.75) is 32.9 Å². The number of halogens is 1. The molecule has 0 aliphatic heterocycles.